The van der Waals surface area contributed by atoms with Gasteiger partial charge in [0.15, 0.2) is 0 Å². The molecule has 6 nitrogen and oxygen atoms in total. The number of rotatable bonds is 5. The summed E-state index contributed by atoms with van der Waals surface area (Å²) in [7, 11) is 0. The molecule has 1 aliphatic rings. The van der Waals surface area contributed by atoms with Crippen molar-refractivity contribution in [3.63, 3.8) is 0 Å². The molecule has 0 radical (unpaired) electrons. The van der Waals surface area contributed by atoms with Gasteiger partial charge in [-0.3, -0.25) is 4.79 Å². The minimum absolute atomic E-state index is 0.177. The predicted molar refractivity (Wildman–Crippen MR) is 93.4 cm³/mol. The van der Waals surface area contributed by atoms with Crippen LogP contribution in [0.5, 0.6) is 0 Å². The quantitative estimate of drug-likeness (QED) is 0.775. The van der Waals surface area contributed by atoms with Gasteiger partial charge >= 0.3 is 5.84 Å². The molecule has 1 saturated carbocycles. The first-order chi connectivity index (χ1) is 12.3. The zero-order chi connectivity index (χ0) is 17.1. The molecule has 0 spiro atoms. The van der Waals surface area contributed by atoms with Gasteiger partial charge in [0.2, 0.25) is 5.76 Å². The third-order valence-corrected chi connectivity index (χ3v) is 4.92. The number of amides is 1. The van der Waals surface area contributed by atoms with Crippen molar-refractivity contribution in [3.8, 4) is 0 Å². The van der Waals surface area contributed by atoms with Crippen molar-refractivity contribution < 1.29 is 9.21 Å². The fourth-order valence-electron chi connectivity index (χ4n) is 3.56. The van der Waals surface area contributed by atoms with Gasteiger partial charge in [0, 0.05) is 13.0 Å². The summed E-state index contributed by atoms with van der Waals surface area (Å²) in [5.74, 6) is 1.07. The van der Waals surface area contributed by atoms with E-state index in [0.29, 0.717) is 30.5 Å². The second-order valence-electron chi connectivity index (χ2n) is 6.71. The van der Waals surface area contributed by atoms with Crippen LogP contribution in [0.2, 0.25) is 0 Å². The Kier molecular flexibility index (Phi) is 4.50. The highest BCUT2D eigenvalue weighted by Gasteiger charge is 2.23. The molecular formula is C19H22N4O2. The Morgan fingerprint density at radius 1 is 1.20 bits per heavy atom. The zero-order valence-electron chi connectivity index (χ0n) is 14.1. The lowest BCUT2D eigenvalue weighted by Gasteiger charge is -2.21. The lowest BCUT2D eigenvalue weighted by atomic mass is 9.89. The van der Waals surface area contributed by atoms with Crippen LogP contribution in [0.15, 0.2) is 41.1 Å². The fraction of sp³-hybridized carbons (Fsp3) is 0.421. The number of carbonyl (C=O) groups excluding carboxylic acids is 1. The highest BCUT2D eigenvalue weighted by molar-refractivity contribution is 5.93. The average molecular weight is 338 g/mol. The number of benzene rings is 1. The van der Waals surface area contributed by atoms with Crippen molar-refractivity contribution in [1.29, 1.82) is 0 Å². The van der Waals surface area contributed by atoms with Gasteiger partial charge in [-0.2, -0.15) is 14.6 Å². The van der Waals surface area contributed by atoms with E-state index in [4.69, 9.17) is 4.42 Å². The van der Waals surface area contributed by atoms with Gasteiger partial charge < -0.3 is 9.73 Å². The number of hydrogen-bond acceptors (Lipinski definition) is 4. The van der Waals surface area contributed by atoms with Crippen LogP contribution in [0.1, 0.15) is 53.9 Å². The van der Waals surface area contributed by atoms with Crippen LogP contribution in [-0.2, 0) is 6.42 Å². The predicted octanol–water partition coefficient (Wildman–Crippen LogP) is 3.22. The lowest BCUT2D eigenvalue weighted by Crippen LogP contribution is -2.30. The van der Waals surface area contributed by atoms with Crippen LogP contribution in [0.25, 0.3) is 5.84 Å². The molecule has 1 aliphatic carbocycles. The van der Waals surface area contributed by atoms with E-state index < -0.39 is 0 Å². The van der Waals surface area contributed by atoms with E-state index in [2.05, 4.69) is 15.4 Å². The molecule has 1 N–H and O–H groups in total. The summed E-state index contributed by atoms with van der Waals surface area (Å²) in [5, 5.41) is 7.24. The molecule has 1 fully saturated rings. The fourth-order valence-corrected chi connectivity index (χ4v) is 3.56. The van der Waals surface area contributed by atoms with Crippen molar-refractivity contribution in [2.45, 2.75) is 38.5 Å². The molecule has 25 heavy (non-hydrogen) atoms. The van der Waals surface area contributed by atoms with Gasteiger partial charge in [-0.1, -0.05) is 49.6 Å². The zero-order valence-corrected chi connectivity index (χ0v) is 14.1. The van der Waals surface area contributed by atoms with Crippen LogP contribution < -0.4 is 5.32 Å². The van der Waals surface area contributed by atoms with Crippen LogP contribution in [0.4, 0.5) is 0 Å². The number of hydrogen-bond donors (Lipinski definition) is 1. The van der Waals surface area contributed by atoms with E-state index in [1.807, 2.05) is 30.3 Å². The van der Waals surface area contributed by atoms with Gasteiger partial charge in [-0.05, 0) is 24.3 Å². The molecule has 0 atom stereocenters. The number of carbonyl (C=O) groups is 1. The van der Waals surface area contributed by atoms with Crippen LogP contribution >= 0.6 is 0 Å². The summed E-state index contributed by atoms with van der Waals surface area (Å²) in [5.41, 5.74) is 1.84. The monoisotopic (exact) mass is 338 g/mol. The SMILES string of the molecule is O=C(NCC1CCCCC1)c1oc2ncnn2c1Cc1ccccc1. The van der Waals surface area contributed by atoms with E-state index in [9.17, 15) is 4.79 Å². The molecule has 3 aromatic rings. The third kappa shape index (κ3) is 3.43. The average Bonchev–Trinajstić information content (AvgIpc) is 3.24. The molecule has 6 heteroatoms. The molecule has 2 aromatic heterocycles. The first-order valence-electron chi connectivity index (χ1n) is 8.95. The van der Waals surface area contributed by atoms with Gasteiger partial charge in [0.1, 0.15) is 12.0 Å². The largest absolute Gasteiger partial charge is 0.416 e. The van der Waals surface area contributed by atoms with Crippen molar-refractivity contribution in [2.75, 3.05) is 6.54 Å². The normalized spacial score (nSPS) is 15.5. The van der Waals surface area contributed by atoms with Crippen molar-refractivity contribution >= 4 is 11.8 Å². The standard InChI is InChI=1S/C19H22N4O2/c24-18(20-12-15-9-5-2-6-10-15)17-16(11-14-7-3-1-4-8-14)23-19(25-17)21-13-22-23/h1,3-4,7-8,13,15H,2,5-6,9-12H2,(H,20,24). The molecular weight excluding hydrogens is 316 g/mol. The Morgan fingerprint density at radius 3 is 2.80 bits per heavy atom. The lowest BCUT2D eigenvalue weighted by molar-refractivity contribution is 0.0916. The van der Waals surface area contributed by atoms with Crippen molar-refractivity contribution in [2.24, 2.45) is 5.92 Å². The number of nitrogens with one attached hydrogen (secondary N) is 1. The Labute approximate surface area is 146 Å². The van der Waals surface area contributed by atoms with Crippen LogP contribution in [0.3, 0.4) is 0 Å². The highest BCUT2D eigenvalue weighted by atomic mass is 16.4. The van der Waals surface area contributed by atoms with E-state index in [0.717, 1.165) is 11.3 Å². The number of fused-ring (bicyclic) bond motifs is 1. The molecule has 0 aliphatic heterocycles. The van der Waals surface area contributed by atoms with Crippen LogP contribution in [0, 0.1) is 5.92 Å². The van der Waals surface area contributed by atoms with E-state index >= 15 is 0 Å². The Bertz CT molecular complexity index is 847. The molecule has 1 amide bonds. The topological polar surface area (TPSA) is 72.4 Å². The highest BCUT2D eigenvalue weighted by Crippen LogP contribution is 2.23. The summed E-state index contributed by atoms with van der Waals surface area (Å²) in [6.07, 6.45) is 8.24. The Hall–Kier alpha value is -2.63. The molecule has 0 unspecified atom stereocenters. The van der Waals surface area contributed by atoms with E-state index in [1.165, 1.54) is 38.4 Å². The van der Waals surface area contributed by atoms with Crippen molar-refractivity contribution in [3.05, 3.63) is 53.7 Å². The smallest absolute Gasteiger partial charge is 0.325 e. The molecule has 2 heterocycles. The molecule has 0 saturated heterocycles. The summed E-state index contributed by atoms with van der Waals surface area (Å²) < 4.78 is 7.30. The van der Waals surface area contributed by atoms with Crippen LogP contribution in [-0.4, -0.2) is 27.0 Å². The first kappa shape index (κ1) is 15.9. The van der Waals surface area contributed by atoms with E-state index in [1.54, 1.807) is 4.52 Å². The Morgan fingerprint density at radius 2 is 2.00 bits per heavy atom. The Balaban J connectivity index is 1.54. The molecule has 1 aromatic carbocycles. The van der Waals surface area contributed by atoms with Crippen molar-refractivity contribution in [1.82, 2.24) is 19.9 Å². The number of oxazole rings is 1. The third-order valence-electron chi connectivity index (χ3n) is 4.92. The molecule has 0 bridgehead atoms. The second kappa shape index (κ2) is 7.09. The van der Waals surface area contributed by atoms with Gasteiger partial charge in [0.25, 0.3) is 5.91 Å². The molecule has 4 rings (SSSR count). The second-order valence-corrected chi connectivity index (χ2v) is 6.71. The molecule has 130 valence electrons. The minimum atomic E-state index is -0.177. The number of nitrogens with zero attached hydrogens (tertiary/aromatic N) is 3. The van der Waals surface area contributed by atoms with E-state index in [-0.39, 0.29) is 5.91 Å². The van der Waals surface area contributed by atoms with Gasteiger partial charge in [-0.25, -0.2) is 0 Å². The summed E-state index contributed by atoms with van der Waals surface area (Å²) in [6, 6.07) is 9.99. The first-order valence-corrected chi connectivity index (χ1v) is 8.95. The maximum Gasteiger partial charge on any atom is 0.325 e. The summed E-state index contributed by atoms with van der Waals surface area (Å²) in [4.78, 5) is 16.8. The summed E-state index contributed by atoms with van der Waals surface area (Å²) in [6.45, 7) is 0.708. The number of aromatic nitrogens is 3. The maximum absolute atomic E-state index is 12.7. The van der Waals surface area contributed by atoms with Gasteiger partial charge in [-0.15, -0.1) is 0 Å². The minimum Gasteiger partial charge on any atom is -0.416 e. The van der Waals surface area contributed by atoms with Gasteiger partial charge in [0.05, 0.1) is 0 Å². The summed E-state index contributed by atoms with van der Waals surface area (Å²) >= 11 is 0. The maximum atomic E-state index is 12.7.